The summed E-state index contributed by atoms with van der Waals surface area (Å²) >= 11 is 0. The molecule has 0 N–H and O–H groups in total. The molecule has 0 bridgehead atoms. The molecule has 2 heterocycles. The number of rotatable bonds is 1. The molecule has 2 rings (SSSR count). The van der Waals surface area contributed by atoms with Crippen LogP contribution in [-0.4, -0.2) is 15.0 Å². The fourth-order valence-corrected chi connectivity index (χ4v) is 1.65. The van der Waals surface area contributed by atoms with Crippen molar-refractivity contribution in [3.8, 4) is 11.1 Å². The number of aromatic nitrogens is 3. The van der Waals surface area contributed by atoms with Crippen LogP contribution in [0.5, 0.6) is 0 Å². The molecule has 0 saturated heterocycles. The Labute approximate surface area is 114 Å². The number of nitrogens with zero attached hydrogens (tertiary/aromatic N) is 3. The van der Waals surface area contributed by atoms with Crippen LogP contribution in [0.2, 0.25) is 0 Å². The quantitative estimate of drug-likeness (QED) is 0.750. The van der Waals surface area contributed by atoms with E-state index in [1.807, 2.05) is 0 Å². The molecule has 0 spiro atoms. The highest BCUT2D eigenvalue weighted by Gasteiger charge is 2.35. The van der Waals surface area contributed by atoms with Crippen LogP contribution in [0.1, 0.15) is 17.1 Å². The van der Waals surface area contributed by atoms with E-state index in [2.05, 4.69) is 15.0 Å². The summed E-state index contributed by atoms with van der Waals surface area (Å²) in [5.74, 6) is -1.32. The van der Waals surface area contributed by atoms with Crippen molar-refractivity contribution in [2.75, 3.05) is 0 Å². The van der Waals surface area contributed by atoms with Crippen molar-refractivity contribution < 1.29 is 26.3 Å². The summed E-state index contributed by atoms with van der Waals surface area (Å²) in [5.41, 5.74) is -0.833. The third kappa shape index (κ3) is 3.29. The molecule has 0 fully saturated rings. The van der Waals surface area contributed by atoms with E-state index in [-0.39, 0.29) is 16.7 Å². The van der Waals surface area contributed by atoms with Gasteiger partial charge in [0.2, 0.25) is 5.82 Å². The highest BCUT2D eigenvalue weighted by molar-refractivity contribution is 5.61. The zero-order valence-corrected chi connectivity index (χ0v) is 10.4. The van der Waals surface area contributed by atoms with Gasteiger partial charge in [-0.15, -0.1) is 0 Å². The summed E-state index contributed by atoms with van der Waals surface area (Å²) in [6, 6.07) is 1.17. The van der Waals surface area contributed by atoms with Gasteiger partial charge in [0.05, 0.1) is 0 Å². The van der Waals surface area contributed by atoms with Gasteiger partial charge in [-0.3, -0.25) is 4.98 Å². The monoisotopic (exact) mass is 307 g/mol. The Balaban J connectivity index is 2.37. The molecule has 9 heteroatoms. The molecule has 0 aromatic carbocycles. The molecule has 0 saturated carbocycles. The lowest BCUT2D eigenvalue weighted by Crippen LogP contribution is -2.11. The Kier molecular flexibility index (Phi) is 3.60. The summed E-state index contributed by atoms with van der Waals surface area (Å²) < 4.78 is 74.6. The summed E-state index contributed by atoms with van der Waals surface area (Å²) in [6.07, 6.45) is -6.56. The molecule has 0 aliphatic heterocycles. The van der Waals surface area contributed by atoms with Crippen molar-refractivity contribution in [2.45, 2.75) is 19.3 Å². The summed E-state index contributed by atoms with van der Waals surface area (Å²) in [6.45, 7) is 1.21. The first-order valence-corrected chi connectivity index (χ1v) is 5.52. The molecule has 0 unspecified atom stereocenters. The third-order valence-corrected chi connectivity index (χ3v) is 2.59. The lowest BCUT2D eigenvalue weighted by molar-refractivity contribution is -0.145. The van der Waals surface area contributed by atoms with E-state index in [4.69, 9.17) is 0 Å². The van der Waals surface area contributed by atoms with Gasteiger partial charge in [0, 0.05) is 29.7 Å². The van der Waals surface area contributed by atoms with Gasteiger partial charge in [0.25, 0.3) is 0 Å². The van der Waals surface area contributed by atoms with Crippen molar-refractivity contribution in [1.29, 1.82) is 0 Å². The minimum atomic E-state index is -4.67. The molecular formula is C12H7F6N3. The second-order valence-electron chi connectivity index (χ2n) is 4.18. The highest BCUT2D eigenvalue weighted by Crippen LogP contribution is 2.32. The van der Waals surface area contributed by atoms with Gasteiger partial charge in [-0.25, -0.2) is 9.97 Å². The largest absolute Gasteiger partial charge is 0.451 e. The molecule has 0 radical (unpaired) electrons. The van der Waals surface area contributed by atoms with Crippen molar-refractivity contribution >= 4 is 0 Å². The first-order valence-electron chi connectivity index (χ1n) is 5.52. The maximum absolute atomic E-state index is 12.6. The van der Waals surface area contributed by atoms with Crippen LogP contribution in [0.15, 0.2) is 24.7 Å². The maximum Gasteiger partial charge on any atom is 0.451 e. The van der Waals surface area contributed by atoms with Crippen LogP contribution in [0.25, 0.3) is 11.1 Å². The molecule has 0 aliphatic carbocycles. The minimum absolute atomic E-state index is 0.139. The predicted molar refractivity (Wildman–Crippen MR) is 60.0 cm³/mol. The molecule has 0 atom stereocenters. The minimum Gasteiger partial charge on any atom is -0.251 e. The first kappa shape index (κ1) is 15.2. The zero-order chi connectivity index (χ0) is 15.8. The van der Waals surface area contributed by atoms with Gasteiger partial charge in [-0.1, -0.05) is 0 Å². The van der Waals surface area contributed by atoms with Gasteiger partial charge < -0.3 is 0 Å². The predicted octanol–water partition coefficient (Wildman–Crippen LogP) is 3.88. The lowest BCUT2D eigenvalue weighted by atomic mass is 10.1. The first-order chi connectivity index (χ1) is 9.59. The van der Waals surface area contributed by atoms with Crippen molar-refractivity contribution in [3.63, 3.8) is 0 Å². The van der Waals surface area contributed by atoms with E-state index in [1.54, 1.807) is 0 Å². The standard InChI is InChI=1S/C12H7F6N3/c1-6-2-7(3-19-9(6)11(13,14)15)8-4-20-10(21-5-8)12(16,17)18/h2-5H,1H3. The second-order valence-corrected chi connectivity index (χ2v) is 4.18. The number of pyridine rings is 1. The Morgan fingerprint density at radius 2 is 1.29 bits per heavy atom. The van der Waals surface area contributed by atoms with E-state index in [0.29, 0.717) is 0 Å². The smallest absolute Gasteiger partial charge is 0.251 e. The molecule has 0 amide bonds. The molecular weight excluding hydrogens is 300 g/mol. The average molecular weight is 307 g/mol. The molecule has 2 aromatic heterocycles. The molecule has 112 valence electrons. The van der Waals surface area contributed by atoms with E-state index in [9.17, 15) is 26.3 Å². The van der Waals surface area contributed by atoms with E-state index in [0.717, 1.165) is 18.6 Å². The summed E-state index contributed by atoms with van der Waals surface area (Å²) in [4.78, 5) is 9.58. The van der Waals surface area contributed by atoms with Gasteiger partial charge in [0.1, 0.15) is 5.69 Å². The fourth-order valence-electron chi connectivity index (χ4n) is 1.65. The van der Waals surface area contributed by atoms with Gasteiger partial charge in [0.15, 0.2) is 0 Å². The third-order valence-electron chi connectivity index (χ3n) is 2.59. The number of halogens is 6. The van der Waals surface area contributed by atoms with Crippen LogP contribution in [0, 0.1) is 6.92 Å². The van der Waals surface area contributed by atoms with Crippen LogP contribution in [0.4, 0.5) is 26.3 Å². The van der Waals surface area contributed by atoms with Crippen LogP contribution in [-0.2, 0) is 12.4 Å². The van der Waals surface area contributed by atoms with E-state index < -0.39 is 23.9 Å². The summed E-state index contributed by atoms with van der Waals surface area (Å²) in [5, 5.41) is 0. The Hall–Kier alpha value is -2.19. The number of hydrogen-bond acceptors (Lipinski definition) is 3. The topological polar surface area (TPSA) is 38.7 Å². The fraction of sp³-hybridized carbons (Fsp3) is 0.250. The lowest BCUT2D eigenvalue weighted by Gasteiger charge is -2.10. The SMILES string of the molecule is Cc1cc(-c2cnc(C(F)(F)F)nc2)cnc1C(F)(F)F. The van der Waals surface area contributed by atoms with Gasteiger partial charge in [-0.2, -0.15) is 26.3 Å². The van der Waals surface area contributed by atoms with E-state index >= 15 is 0 Å². The molecule has 21 heavy (non-hydrogen) atoms. The number of alkyl halides is 6. The number of aryl methyl sites for hydroxylation is 1. The van der Waals surface area contributed by atoms with Crippen LogP contribution >= 0.6 is 0 Å². The van der Waals surface area contributed by atoms with Gasteiger partial charge in [-0.05, 0) is 18.6 Å². The maximum atomic E-state index is 12.6. The molecule has 0 aliphatic rings. The van der Waals surface area contributed by atoms with Crippen LogP contribution < -0.4 is 0 Å². The Morgan fingerprint density at radius 3 is 1.71 bits per heavy atom. The van der Waals surface area contributed by atoms with Crippen molar-refractivity contribution in [2.24, 2.45) is 0 Å². The normalized spacial score (nSPS) is 12.5. The second kappa shape index (κ2) is 4.97. The molecule has 3 nitrogen and oxygen atoms in total. The zero-order valence-electron chi connectivity index (χ0n) is 10.4. The Bertz CT molecular complexity index is 646. The molecule has 2 aromatic rings. The average Bonchev–Trinajstić information content (AvgIpc) is 2.36. The van der Waals surface area contributed by atoms with E-state index in [1.165, 1.54) is 13.0 Å². The number of hydrogen-bond donors (Lipinski definition) is 0. The Morgan fingerprint density at radius 1 is 0.762 bits per heavy atom. The van der Waals surface area contributed by atoms with Gasteiger partial charge >= 0.3 is 12.4 Å². The van der Waals surface area contributed by atoms with Crippen molar-refractivity contribution in [3.05, 3.63) is 41.7 Å². The summed E-state index contributed by atoms with van der Waals surface area (Å²) in [7, 11) is 0. The highest BCUT2D eigenvalue weighted by atomic mass is 19.4. The van der Waals surface area contributed by atoms with Crippen LogP contribution in [0.3, 0.4) is 0 Å². The van der Waals surface area contributed by atoms with Crippen molar-refractivity contribution in [1.82, 2.24) is 15.0 Å².